The third kappa shape index (κ3) is 5.05. The van der Waals surface area contributed by atoms with Crippen LogP contribution in [0.3, 0.4) is 0 Å². The molecule has 4 nitrogen and oxygen atoms in total. The molecule has 0 bridgehead atoms. The van der Waals surface area contributed by atoms with Gasteiger partial charge in [0.2, 0.25) is 0 Å². The molecule has 0 unspecified atom stereocenters. The molecule has 2 heterocycles. The SMILES string of the molecule is CCCCCN1C(=O)C(c2ccc(C)c(C)c2)=C(N2CCC(Cc3ccccc3)CC2)C1=O. The first kappa shape index (κ1) is 23.3. The number of unbranched alkanes of at least 4 members (excludes halogenated alkanes) is 2. The van der Waals surface area contributed by atoms with Crippen molar-refractivity contribution in [3.8, 4) is 0 Å². The van der Waals surface area contributed by atoms with E-state index in [-0.39, 0.29) is 11.8 Å². The molecule has 0 spiro atoms. The standard InChI is InChI=1S/C29H36N2O2/c1-4-5-9-16-31-28(32)26(25-13-12-21(2)22(3)19-25)27(29(31)33)30-17-14-24(15-18-30)20-23-10-7-6-8-11-23/h6-8,10-13,19,24H,4-5,9,14-18,20H2,1-3H3. The van der Waals surface area contributed by atoms with Crippen LogP contribution in [0.4, 0.5) is 0 Å². The van der Waals surface area contributed by atoms with Crippen molar-refractivity contribution in [2.75, 3.05) is 19.6 Å². The van der Waals surface area contributed by atoms with Gasteiger partial charge < -0.3 is 4.90 Å². The molecule has 4 heteroatoms. The molecule has 2 aromatic rings. The summed E-state index contributed by atoms with van der Waals surface area (Å²) in [5.74, 6) is 0.383. The molecule has 0 N–H and O–H groups in total. The first-order chi connectivity index (χ1) is 16.0. The number of carbonyl (C=O) groups excluding carboxylic acids is 2. The number of hydrogen-bond acceptors (Lipinski definition) is 3. The van der Waals surface area contributed by atoms with Gasteiger partial charge in [0, 0.05) is 19.6 Å². The van der Waals surface area contributed by atoms with Gasteiger partial charge in [-0.1, -0.05) is 68.3 Å². The van der Waals surface area contributed by atoms with Crippen molar-refractivity contribution in [3.05, 3.63) is 76.5 Å². The molecular weight excluding hydrogens is 408 g/mol. The van der Waals surface area contributed by atoms with E-state index >= 15 is 0 Å². The molecule has 1 fully saturated rings. The van der Waals surface area contributed by atoms with Gasteiger partial charge in [-0.05, 0) is 67.7 Å². The van der Waals surface area contributed by atoms with Crippen LogP contribution in [0.5, 0.6) is 0 Å². The molecule has 0 aliphatic carbocycles. The number of carbonyl (C=O) groups is 2. The van der Waals surface area contributed by atoms with Crippen molar-refractivity contribution in [1.82, 2.24) is 9.80 Å². The number of amides is 2. The fourth-order valence-electron chi connectivity index (χ4n) is 5.04. The van der Waals surface area contributed by atoms with Crippen LogP contribution in [0.25, 0.3) is 5.57 Å². The van der Waals surface area contributed by atoms with Crippen molar-refractivity contribution in [3.63, 3.8) is 0 Å². The third-order valence-electron chi connectivity index (χ3n) is 7.22. The predicted molar refractivity (Wildman–Crippen MR) is 134 cm³/mol. The predicted octanol–water partition coefficient (Wildman–Crippen LogP) is 5.53. The molecule has 0 atom stereocenters. The number of likely N-dealkylation sites (tertiary alicyclic amines) is 1. The monoisotopic (exact) mass is 444 g/mol. The second-order valence-corrected chi connectivity index (χ2v) is 9.61. The lowest BCUT2D eigenvalue weighted by Gasteiger charge is -2.34. The Hall–Kier alpha value is -2.88. The van der Waals surface area contributed by atoms with Gasteiger partial charge in [-0.3, -0.25) is 14.5 Å². The number of rotatable bonds is 8. The lowest BCUT2D eigenvalue weighted by atomic mass is 9.89. The summed E-state index contributed by atoms with van der Waals surface area (Å²) in [6, 6.07) is 16.8. The molecule has 2 aromatic carbocycles. The van der Waals surface area contributed by atoms with Gasteiger partial charge in [-0.15, -0.1) is 0 Å². The van der Waals surface area contributed by atoms with Crippen molar-refractivity contribution < 1.29 is 9.59 Å². The number of benzene rings is 2. The van der Waals surface area contributed by atoms with Crippen molar-refractivity contribution in [2.45, 2.75) is 59.3 Å². The first-order valence-corrected chi connectivity index (χ1v) is 12.5. The number of nitrogens with zero attached hydrogens (tertiary/aromatic N) is 2. The highest BCUT2D eigenvalue weighted by molar-refractivity contribution is 6.35. The van der Waals surface area contributed by atoms with Crippen LogP contribution in [0.2, 0.25) is 0 Å². The van der Waals surface area contributed by atoms with E-state index in [0.29, 0.717) is 23.7 Å². The molecule has 0 radical (unpaired) electrons. The topological polar surface area (TPSA) is 40.6 Å². The number of hydrogen-bond donors (Lipinski definition) is 0. The highest BCUT2D eigenvalue weighted by Gasteiger charge is 2.42. The number of imide groups is 1. The van der Waals surface area contributed by atoms with Crippen LogP contribution >= 0.6 is 0 Å². The molecule has 33 heavy (non-hydrogen) atoms. The summed E-state index contributed by atoms with van der Waals surface area (Å²) in [4.78, 5) is 30.7. The van der Waals surface area contributed by atoms with E-state index in [1.54, 1.807) is 0 Å². The van der Waals surface area contributed by atoms with Gasteiger partial charge in [0.25, 0.3) is 11.8 Å². The van der Waals surface area contributed by atoms with E-state index in [0.717, 1.165) is 62.7 Å². The van der Waals surface area contributed by atoms with E-state index in [1.165, 1.54) is 16.0 Å². The molecule has 2 aliphatic rings. The second-order valence-electron chi connectivity index (χ2n) is 9.61. The maximum Gasteiger partial charge on any atom is 0.277 e. The number of piperidine rings is 1. The Labute approximate surface area is 198 Å². The summed E-state index contributed by atoms with van der Waals surface area (Å²) < 4.78 is 0. The minimum Gasteiger partial charge on any atom is -0.366 e. The van der Waals surface area contributed by atoms with E-state index in [2.05, 4.69) is 68.1 Å². The minimum absolute atomic E-state index is 0.106. The summed E-state index contributed by atoms with van der Waals surface area (Å²) in [5.41, 5.74) is 5.81. The van der Waals surface area contributed by atoms with E-state index in [9.17, 15) is 9.59 Å². The van der Waals surface area contributed by atoms with Crippen molar-refractivity contribution in [2.24, 2.45) is 5.92 Å². The summed E-state index contributed by atoms with van der Waals surface area (Å²) >= 11 is 0. The highest BCUT2D eigenvalue weighted by atomic mass is 16.2. The fraction of sp³-hybridized carbons (Fsp3) is 0.448. The average Bonchev–Trinajstić information content (AvgIpc) is 3.07. The lowest BCUT2D eigenvalue weighted by Crippen LogP contribution is -2.39. The molecule has 1 saturated heterocycles. The van der Waals surface area contributed by atoms with Gasteiger partial charge >= 0.3 is 0 Å². The van der Waals surface area contributed by atoms with Crippen LogP contribution in [-0.2, 0) is 16.0 Å². The molecule has 2 aliphatic heterocycles. The highest BCUT2D eigenvalue weighted by Crippen LogP contribution is 2.35. The zero-order chi connectivity index (χ0) is 23.4. The maximum atomic E-state index is 13.5. The fourth-order valence-corrected chi connectivity index (χ4v) is 5.04. The van der Waals surface area contributed by atoms with Crippen LogP contribution < -0.4 is 0 Å². The molecule has 174 valence electrons. The van der Waals surface area contributed by atoms with E-state index < -0.39 is 0 Å². The Morgan fingerprint density at radius 1 is 0.879 bits per heavy atom. The normalized spacial score (nSPS) is 17.4. The quantitative estimate of drug-likeness (QED) is 0.397. The smallest absolute Gasteiger partial charge is 0.277 e. The summed E-state index contributed by atoms with van der Waals surface area (Å²) in [6.45, 7) is 8.43. The number of aryl methyl sites for hydroxylation is 2. The third-order valence-corrected chi connectivity index (χ3v) is 7.22. The van der Waals surface area contributed by atoms with Gasteiger partial charge in [0.1, 0.15) is 5.70 Å². The molecule has 2 amide bonds. The summed E-state index contributed by atoms with van der Waals surface area (Å²) in [5, 5.41) is 0. The van der Waals surface area contributed by atoms with E-state index in [1.807, 2.05) is 6.07 Å². The van der Waals surface area contributed by atoms with Crippen LogP contribution in [-0.4, -0.2) is 41.2 Å². The zero-order valence-corrected chi connectivity index (χ0v) is 20.3. The first-order valence-electron chi connectivity index (χ1n) is 12.5. The van der Waals surface area contributed by atoms with Crippen molar-refractivity contribution >= 4 is 17.4 Å². The lowest BCUT2D eigenvalue weighted by molar-refractivity contribution is -0.137. The van der Waals surface area contributed by atoms with Crippen LogP contribution in [0.1, 0.15) is 61.3 Å². The largest absolute Gasteiger partial charge is 0.366 e. The molecule has 0 saturated carbocycles. The van der Waals surface area contributed by atoms with Gasteiger partial charge in [-0.25, -0.2) is 0 Å². The molecule has 0 aromatic heterocycles. The zero-order valence-electron chi connectivity index (χ0n) is 20.3. The van der Waals surface area contributed by atoms with E-state index in [4.69, 9.17) is 0 Å². The average molecular weight is 445 g/mol. The Morgan fingerprint density at radius 2 is 1.61 bits per heavy atom. The maximum absolute atomic E-state index is 13.5. The van der Waals surface area contributed by atoms with Crippen LogP contribution in [0.15, 0.2) is 54.2 Å². The Bertz CT molecular complexity index is 1030. The molecular formula is C29H36N2O2. The second kappa shape index (κ2) is 10.4. The Morgan fingerprint density at radius 3 is 2.27 bits per heavy atom. The molecule has 4 rings (SSSR count). The van der Waals surface area contributed by atoms with Gasteiger partial charge in [0.15, 0.2) is 0 Å². The van der Waals surface area contributed by atoms with Crippen LogP contribution in [0, 0.1) is 19.8 Å². The van der Waals surface area contributed by atoms with Gasteiger partial charge in [-0.2, -0.15) is 0 Å². The van der Waals surface area contributed by atoms with Crippen molar-refractivity contribution in [1.29, 1.82) is 0 Å². The van der Waals surface area contributed by atoms with Gasteiger partial charge in [0.05, 0.1) is 5.57 Å². The summed E-state index contributed by atoms with van der Waals surface area (Å²) in [7, 11) is 0. The minimum atomic E-state index is -0.124. The Balaban J connectivity index is 1.57. The Kier molecular flexibility index (Phi) is 7.32. The summed E-state index contributed by atoms with van der Waals surface area (Å²) in [6.07, 6.45) is 6.10.